The zero-order valence-corrected chi connectivity index (χ0v) is 10.9. The molecule has 0 aromatic heterocycles. The molecule has 96 valence electrons. The lowest BCUT2D eigenvalue weighted by molar-refractivity contribution is -0.134. The summed E-state index contributed by atoms with van der Waals surface area (Å²) in [7, 11) is 2.01. The summed E-state index contributed by atoms with van der Waals surface area (Å²) in [5, 5.41) is 3.32. The van der Waals surface area contributed by atoms with Crippen LogP contribution in [0, 0.1) is 11.3 Å². The monoisotopic (exact) mass is 236 g/mol. The zero-order chi connectivity index (χ0) is 11.9. The average molecular weight is 236 g/mol. The Hall–Kier alpha value is -0.570. The second-order valence-corrected chi connectivity index (χ2v) is 6.24. The lowest BCUT2D eigenvalue weighted by atomic mass is 10.00. The highest BCUT2D eigenvalue weighted by molar-refractivity contribution is 5.83. The number of amides is 1. The highest BCUT2D eigenvalue weighted by atomic mass is 16.2. The molecule has 2 unspecified atom stereocenters. The number of nitrogens with zero attached hydrogens (tertiary/aromatic N) is 1. The van der Waals surface area contributed by atoms with Crippen molar-refractivity contribution in [3.63, 3.8) is 0 Å². The fourth-order valence-corrected chi connectivity index (χ4v) is 3.96. The summed E-state index contributed by atoms with van der Waals surface area (Å²) in [5.74, 6) is 0.854. The standard InChI is InChI=1S/C14H24N2O/c1-15-11-5-4-8-16(10-11)13(17)12-9-14(12)6-2-3-7-14/h11-12,15H,2-10H2,1H3. The lowest BCUT2D eigenvalue weighted by Gasteiger charge is -2.33. The molecule has 0 radical (unpaired) electrons. The van der Waals surface area contributed by atoms with Crippen LogP contribution in [0.3, 0.4) is 0 Å². The second kappa shape index (κ2) is 4.27. The van der Waals surface area contributed by atoms with E-state index in [1.54, 1.807) is 0 Å². The maximum atomic E-state index is 12.5. The van der Waals surface area contributed by atoms with E-state index in [4.69, 9.17) is 0 Å². The Morgan fingerprint density at radius 1 is 1.29 bits per heavy atom. The third-order valence-electron chi connectivity index (χ3n) is 5.23. The molecule has 1 N–H and O–H groups in total. The molecule has 3 rings (SSSR count). The van der Waals surface area contributed by atoms with E-state index < -0.39 is 0 Å². The van der Waals surface area contributed by atoms with Crippen molar-refractivity contribution in [2.45, 2.75) is 51.0 Å². The topological polar surface area (TPSA) is 32.3 Å². The highest BCUT2D eigenvalue weighted by Crippen LogP contribution is 2.63. The van der Waals surface area contributed by atoms with Gasteiger partial charge in [0, 0.05) is 25.0 Å². The molecule has 0 bridgehead atoms. The Morgan fingerprint density at radius 3 is 2.76 bits per heavy atom. The Morgan fingerprint density at radius 2 is 2.06 bits per heavy atom. The number of rotatable bonds is 2. The first-order valence-electron chi connectivity index (χ1n) is 7.21. The van der Waals surface area contributed by atoms with E-state index in [-0.39, 0.29) is 0 Å². The molecule has 3 aliphatic rings. The number of hydrogen-bond donors (Lipinski definition) is 1. The van der Waals surface area contributed by atoms with Gasteiger partial charge in [-0.2, -0.15) is 0 Å². The Kier molecular flexibility index (Phi) is 2.89. The second-order valence-electron chi connectivity index (χ2n) is 6.24. The summed E-state index contributed by atoms with van der Waals surface area (Å²) in [6.07, 6.45) is 8.89. The number of piperidine rings is 1. The molecule has 3 heteroatoms. The van der Waals surface area contributed by atoms with Crippen molar-refractivity contribution < 1.29 is 4.79 Å². The van der Waals surface area contributed by atoms with Crippen molar-refractivity contribution in [2.24, 2.45) is 11.3 Å². The van der Waals surface area contributed by atoms with E-state index in [1.807, 2.05) is 7.05 Å². The van der Waals surface area contributed by atoms with Gasteiger partial charge in [-0.1, -0.05) is 12.8 Å². The van der Waals surface area contributed by atoms with E-state index in [2.05, 4.69) is 10.2 Å². The Bertz CT molecular complexity index is 309. The third-order valence-corrected chi connectivity index (χ3v) is 5.23. The first-order chi connectivity index (χ1) is 8.25. The number of likely N-dealkylation sites (tertiary alicyclic amines) is 1. The summed E-state index contributed by atoms with van der Waals surface area (Å²) in [6.45, 7) is 1.92. The average Bonchev–Trinajstić information content (AvgIpc) is 2.86. The van der Waals surface area contributed by atoms with Gasteiger partial charge in [-0.05, 0) is 44.6 Å². The van der Waals surface area contributed by atoms with Crippen LogP contribution in [0.1, 0.15) is 44.9 Å². The lowest BCUT2D eigenvalue weighted by Crippen LogP contribution is -2.47. The molecule has 2 atom stereocenters. The minimum absolute atomic E-state index is 0.389. The first kappa shape index (κ1) is 11.5. The van der Waals surface area contributed by atoms with Crippen LogP contribution in [-0.2, 0) is 4.79 Å². The molecule has 2 aliphatic carbocycles. The van der Waals surface area contributed by atoms with E-state index in [9.17, 15) is 4.79 Å². The maximum absolute atomic E-state index is 12.5. The van der Waals surface area contributed by atoms with Gasteiger partial charge in [0.15, 0.2) is 0 Å². The number of likely N-dealkylation sites (N-methyl/N-ethyl adjacent to an activating group) is 1. The number of carbonyl (C=O) groups excluding carboxylic acids is 1. The van der Waals surface area contributed by atoms with Gasteiger partial charge < -0.3 is 10.2 Å². The molecule has 0 aromatic rings. The van der Waals surface area contributed by atoms with Gasteiger partial charge in [-0.25, -0.2) is 0 Å². The number of nitrogens with one attached hydrogen (secondary N) is 1. The number of hydrogen-bond acceptors (Lipinski definition) is 2. The molecular weight excluding hydrogens is 212 g/mol. The van der Waals surface area contributed by atoms with Crippen molar-refractivity contribution in [1.82, 2.24) is 10.2 Å². The third kappa shape index (κ3) is 1.99. The summed E-state index contributed by atoms with van der Waals surface area (Å²) in [4.78, 5) is 14.6. The molecule has 17 heavy (non-hydrogen) atoms. The van der Waals surface area contributed by atoms with Crippen LogP contribution < -0.4 is 5.32 Å². The highest BCUT2D eigenvalue weighted by Gasteiger charge is 2.59. The summed E-state index contributed by atoms with van der Waals surface area (Å²) >= 11 is 0. The van der Waals surface area contributed by atoms with Crippen LogP contribution in [0.2, 0.25) is 0 Å². The normalized spacial score (nSPS) is 35.2. The van der Waals surface area contributed by atoms with Crippen LogP contribution in [0.25, 0.3) is 0 Å². The van der Waals surface area contributed by atoms with Gasteiger partial charge in [0.1, 0.15) is 0 Å². The summed E-state index contributed by atoms with van der Waals surface area (Å²) < 4.78 is 0. The van der Waals surface area contributed by atoms with Crippen molar-refractivity contribution >= 4 is 5.91 Å². The quantitative estimate of drug-likeness (QED) is 0.792. The zero-order valence-electron chi connectivity index (χ0n) is 10.9. The SMILES string of the molecule is CNC1CCCN(C(=O)C2CC23CCCC3)C1. The van der Waals surface area contributed by atoms with Crippen molar-refractivity contribution in [2.75, 3.05) is 20.1 Å². The molecule has 1 heterocycles. The van der Waals surface area contributed by atoms with E-state index >= 15 is 0 Å². The van der Waals surface area contributed by atoms with Gasteiger partial charge in [0.05, 0.1) is 0 Å². The van der Waals surface area contributed by atoms with E-state index in [0.29, 0.717) is 23.3 Å². The van der Waals surface area contributed by atoms with Crippen molar-refractivity contribution in [3.8, 4) is 0 Å². The molecule has 0 aromatic carbocycles. The smallest absolute Gasteiger partial charge is 0.226 e. The van der Waals surface area contributed by atoms with Crippen LogP contribution in [0.5, 0.6) is 0 Å². The first-order valence-corrected chi connectivity index (χ1v) is 7.21. The minimum Gasteiger partial charge on any atom is -0.341 e. The molecule has 2 saturated carbocycles. The van der Waals surface area contributed by atoms with Crippen LogP contribution in [-0.4, -0.2) is 37.0 Å². The van der Waals surface area contributed by atoms with E-state index in [1.165, 1.54) is 38.5 Å². The van der Waals surface area contributed by atoms with Gasteiger partial charge in [0.25, 0.3) is 0 Å². The van der Waals surface area contributed by atoms with Crippen LogP contribution in [0.15, 0.2) is 0 Å². The number of carbonyl (C=O) groups is 1. The predicted molar refractivity (Wildman–Crippen MR) is 67.7 cm³/mol. The Labute approximate surface area is 104 Å². The molecule has 1 spiro atoms. The molecule has 1 saturated heterocycles. The van der Waals surface area contributed by atoms with Gasteiger partial charge in [0.2, 0.25) is 5.91 Å². The Balaban J connectivity index is 1.59. The largest absolute Gasteiger partial charge is 0.341 e. The van der Waals surface area contributed by atoms with E-state index in [0.717, 1.165) is 19.5 Å². The van der Waals surface area contributed by atoms with Gasteiger partial charge in [-0.15, -0.1) is 0 Å². The van der Waals surface area contributed by atoms with Crippen molar-refractivity contribution in [3.05, 3.63) is 0 Å². The summed E-state index contributed by atoms with van der Waals surface area (Å²) in [6, 6.07) is 0.519. The molecular formula is C14H24N2O. The van der Waals surface area contributed by atoms with Crippen LogP contribution in [0.4, 0.5) is 0 Å². The maximum Gasteiger partial charge on any atom is 0.226 e. The molecule has 3 fully saturated rings. The molecule has 1 amide bonds. The molecule has 1 aliphatic heterocycles. The van der Waals surface area contributed by atoms with Crippen molar-refractivity contribution in [1.29, 1.82) is 0 Å². The minimum atomic E-state index is 0.389. The van der Waals surface area contributed by atoms with Gasteiger partial charge >= 0.3 is 0 Å². The fourth-order valence-electron chi connectivity index (χ4n) is 3.96. The van der Waals surface area contributed by atoms with Crippen LogP contribution >= 0.6 is 0 Å². The predicted octanol–water partition coefficient (Wildman–Crippen LogP) is 1.78. The molecule has 3 nitrogen and oxygen atoms in total. The van der Waals surface area contributed by atoms with Gasteiger partial charge in [-0.3, -0.25) is 4.79 Å². The fraction of sp³-hybridized carbons (Fsp3) is 0.929. The summed E-state index contributed by atoms with van der Waals surface area (Å²) in [5.41, 5.74) is 0.462.